The number of halogens is 1. The molecule has 3 rings (SSSR count). The molecular weight excluding hydrogens is 368 g/mol. The molecule has 4 nitrogen and oxygen atoms in total. The number of anilines is 1. The Morgan fingerprint density at radius 3 is 2.69 bits per heavy atom. The molecule has 0 radical (unpaired) electrons. The number of carbonyl (C=O) groups excluding carboxylic acids is 2. The number of para-hydroxylation sites is 1. The van der Waals surface area contributed by atoms with E-state index < -0.39 is 0 Å². The normalized spacial score (nSPS) is 17.0. The van der Waals surface area contributed by atoms with Crippen LogP contribution in [0.1, 0.15) is 23.2 Å². The number of piperidine rings is 1. The predicted molar refractivity (Wildman–Crippen MR) is 107 cm³/mol. The molecule has 1 fully saturated rings. The van der Waals surface area contributed by atoms with E-state index in [2.05, 4.69) is 5.32 Å². The maximum absolute atomic E-state index is 12.9. The lowest BCUT2D eigenvalue weighted by Crippen LogP contribution is -2.43. The van der Waals surface area contributed by atoms with Gasteiger partial charge in [-0.15, -0.1) is 11.8 Å². The minimum absolute atomic E-state index is 0.0438. The number of hydrogen-bond acceptors (Lipinski definition) is 3. The van der Waals surface area contributed by atoms with Crippen LogP contribution in [-0.2, 0) is 4.79 Å². The fourth-order valence-electron chi connectivity index (χ4n) is 3.11. The van der Waals surface area contributed by atoms with Gasteiger partial charge in [-0.05, 0) is 49.4 Å². The smallest absolute Gasteiger partial charge is 0.255 e. The molecule has 136 valence electrons. The van der Waals surface area contributed by atoms with Crippen LogP contribution in [0.4, 0.5) is 5.69 Å². The number of benzene rings is 2. The number of rotatable bonds is 4. The second-order valence-electron chi connectivity index (χ2n) is 6.29. The Kier molecular flexibility index (Phi) is 6.22. The molecule has 2 aromatic carbocycles. The third kappa shape index (κ3) is 4.40. The molecule has 1 unspecified atom stereocenters. The zero-order chi connectivity index (χ0) is 18.5. The molecule has 6 heteroatoms. The largest absolute Gasteiger partial charge is 0.338 e. The fraction of sp³-hybridized carbons (Fsp3) is 0.300. The number of thioether (sulfide) groups is 1. The fourth-order valence-corrected chi connectivity index (χ4v) is 3.75. The van der Waals surface area contributed by atoms with Crippen molar-refractivity contribution in [2.45, 2.75) is 17.7 Å². The summed E-state index contributed by atoms with van der Waals surface area (Å²) in [7, 11) is 0. The molecule has 26 heavy (non-hydrogen) atoms. The van der Waals surface area contributed by atoms with E-state index in [1.54, 1.807) is 22.7 Å². The maximum atomic E-state index is 12.9. The lowest BCUT2D eigenvalue weighted by Gasteiger charge is -2.32. The number of nitrogens with zero attached hydrogens (tertiary/aromatic N) is 1. The van der Waals surface area contributed by atoms with Gasteiger partial charge in [0.05, 0.1) is 16.5 Å². The molecular formula is C20H21ClN2O2S. The Balaban J connectivity index is 1.70. The first-order chi connectivity index (χ1) is 12.6. The highest BCUT2D eigenvalue weighted by atomic mass is 35.5. The van der Waals surface area contributed by atoms with Crippen molar-refractivity contribution in [3.8, 4) is 0 Å². The van der Waals surface area contributed by atoms with Crippen molar-refractivity contribution in [1.29, 1.82) is 0 Å². The van der Waals surface area contributed by atoms with Crippen LogP contribution in [0.5, 0.6) is 0 Å². The Bertz CT molecular complexity index is 798. The Labute approximate surface area is 162 Å². The zero-order valence-electron chi connectivity index (χ0n) is 14.6. The molecule has 1 aliphatic heterocycles. The minimum Gasteiger partial charge on any atom is -0.338 e. The van der Waals surface area contributed by atoms with E-state index in [0.29, 0.717) is 23.7 Å². The van der Waals surface area contributed by atoms with Gasteiger partial charge in [-0.2, -0.15) is 0 Å². The van der Waals surface area contributed by atoms with Crippen molar-refractivity contribution >= 4 is 40.9 Å². The van der Waals surface area contributed by atoms with Crippen LogP contribution in [0.3, 0.4) is 0 Å². The highest BCUT2D eigenvalue weighted by molar-refractivity contribution is 7.98. The first kappa shape index (κ1) is 18.8. The van der Waals surface area contributed by atoms with E-state index in [1.807, 2.05) is 48.7 Å². The van der Waals surface area contributed by atoms with Gasteiger partial charge < -0.3 is 10.2 Å². The lowest BCUT2D eigenvalue weighted by atomic mass is 9.96. The predicted octanol–water partition coefficient (Wildman–Crippen LogP) is 4.55. The molecule has 0 aliphatic carbocycles. The minimum atomic E-state index is -0.213. The van der Waals surface area contributed by atoms with Crippen molar-refractivity contribution in [1.82, 2.24) is 4.90 Å². The van der Waals surface area contributed by atoms with Crippen molar-refractivity contribution in [3.05, 3.63) is 59.1 Å². The lowest BCUT2D eigenvalue weighted by molar-refractivity contribution is -0.121. The molecule has 2 amide bonds. The molecule has 0 saturated carbocycles. The quantitative estimate of drug-likeness (QED) is 0.781. The number of amides is 2. The molecule has 0 spiro atoms. The van der Waals surface area contributed by atoms with Crippen LogP contribution in [0, 0.1) is 5.92 Å². The summed E-state index contributed by atoms with van der Waals surface area (Å²) in [6, 6.07) is 14.9. The van der Waals surface area contributed by atoms with Crippen LogP contribution >= 0.6 is 23.4 Å². The average molecular weight is 389 g/mol. The van der Waals surface area contributed by atoms with Gasteiger partial charge in [0.1, 0.15) is 0 Å². The SMILES string of the molecule is CSc1ccc(Cl)c(C(=O)N2CCCC(C(=O)Nc3ccccc3)C2)c1. The second-order valence-corrected chi connectivity index (χ2v) is 7.58. The summed E-state index contributed by atoms with van der Waals surface area (Å²) in [6.07, 6.45) is 3.54. The van der Waals surface area contributed by atoms with Crippen molar-refractivity contribution < 1.29 is 9.59 Å². The van der Waals surface area contributed by atoms with E-state index in [0.717, 1.165) is 23.4 Å². The summed E-state index contributed by atoms with van der Waals surface area (Å²) in [4.78, 5) is 28.2. The topological polar surface area (TPSA) is 49.4 Å². The molecule has 1 N–H and O–H groups in total. The summed E-state index contributed by atoms with van der Waals surface area (Å²) < 4.78 is 0. The Morgan fingerprint density at radius 1 is 1.19 bits per heavy atom. The van der Waals surface area contributed by atoms with Crippen LogP contribution in [0.25, 0.3) is 0 Å². The van der Waals surface area contributed by atoms with Crippen molar-refractivity contribution in [2.24, 2.45) is 5.92 Å². The van der Waals surface area contributed by atoms with Crippen molar-refractivity contribution in [3.63, 3.8) is 0 Å². The van der Waals surface area contributed by atoms with Gasteiger partial charge in [-0.3, -0.25) is 9.59 Å². The van der Waals surface area contributed by atoms with Crippen LogP contribution in [-0.4, -0.2) is 36.1 Å². The van der Waals surface area contributed by atoms with Crippen LogP contribution in [0.2, 0.25) is 5.02 Å². The molecule has 2 aromatic rings. The number of likely N-dealkylation sites (tertiary alicyclic amines) is 1. The van der Waals surface area contributed by atoms with Crippen LogP contribution in [0.15, 0.2) is 53.4 Å². The highest BCUT2D eigenvalue weighted by Crippen LogP contribution is 2.26. The molecule has 1 atom stereocenters. The van der Waals surface area contributed by atoms with Crippen LogP contribution < -0.4 is 5.32 Å². The van der Waals surface area contributed by atoms with E-state index in [1.165, 1.54) is 0 Å². The molecule has 1 saturated heterocycles. The van der Waals surface area contributed by atoms with Gasteiger partial charge >= 0.3 is 0 Å². The van der Waals surface area contributed by atoms with Gasteiger partial charge in [-0.1, -0.05) is 29.8 Å². The zero-order valence-corrected chi connectivity index (χ0v) is 16.1. The van der Waals surface area contributed by atoms with E-state index in [4.69, 9.17) is 11.6 Å². The van der Waals surface area contributed by atoms with E-state index in [-0.39, 0.29) is 17.7 Å². The van der Waals surface area contributed by atoms with Gasteiger partial charge in [0, 0.05) is 23.7 Å². The standard InChI is InChI=1S/C20H21ClN2O2S/c1-26-16-9-10-18(21)17(12-16)20(25)23-11-5-6-14(13-23)19(24)22-15-7-3-2-4-8-15/h2-4,7-10,12,14H,5-6,11,13H2,1H3,(H,22,24). The number of carbonyl (C=O) groups is 2. The maximum Gasteiger partial charge on any atom is 0.255 e. The van der Waals surface area contributed by atoms with Gasteiger partial charge in [0.2, 0.25) is 5.91 Å². The Morgan fingerprint density at radius 2 is 1.96 bits per heavy atom. The second kappa shape index (κ2) is 8.60. The summed E-state index contributed by atoms with van der Waals surface area (Å²) in [5, 5.41) is 3.38. The summed E-state index contributed by atoms with van der Waals surface area (Å²) in [5.41, 5.74) is 1.28. The van der Waals surface area contributed by atoms with Gasteiger partial charge in [-0.25, -0.2) is 0 Å². The summed E-state index contributed by atoms with van der Waals surface area (Å²) >= 11 is 7.81. The van der Waals surface area contributed by atoms with Gasteiger partial charge in [0.25, 0.3) is 5.91 Å². The van der Waals surface area contributed by atoms with Crippen molar-refractivity contribution in [2.75, 3.05) is 24.7 Å². The molecule has 0 aromatic heterocycles. The Hall–Kier alpha value is -1.98. The highest BCUT2D eigenvalue weighted by Gasteiger charge is 2.29. The third-order valence-corrected chi connectivity index (χ3v) is 5.58. The summed E-state index contributed by atoms with van der Waals surface area (Å²) in [5.74, 6) is -0.365. The monoisotopic (exact) mass is 388 g/mol. The first-order valence-electron chi connectivity index (χ1n) is 8.57. The summed E-state index contributed by atoms with van der Waals surface area (Å²) in [6.45, 7) is 1.06. The number of nitrogens with one attached hydrogen (secondary N) is 1. The molecule has 1 heterocycles. The average Bonchev–Trinajstić information content (AvgIpc) is 2.68. The molecule has 1 aliphatic rings. The first-order valence-corrected chi connectivity index (χ1v) is 10.2. The van der Waals surface area contributed by atoms with E-state index in [9.17, 15) is 9.59 Å². The third-order valence-electron chi connectivity index (χ3n) is 4.52. The van der Waals surface area contributed by atoms with E-state index >= 15 is 0 Å². The number of hydrogen-bond donors (Lipinski definition) is 1. The van der Waals surface area contributed by atoms with Gasteiger partial charge in [0.15, 0.2) is 0 Å². The molecule has 0 bridgehead atoms.